The standard InChI is InChI=1S/C24H40O/c1-6-18-7-8-20-22-17(15-25-5)14-19-13-16(2)9-11-24(19,4)21(22)10-12-23(18,20)3/h6,16-17,19-22H,7-15H2,1-5H3/b18-6-. The van der Waals surface area contributed by atoms with Crippen LogP contribution in [0.1, 0.15) is 79.1 Å². The molecule has 4 fully saturated rings. The maximum absolute atomic E-state index is 5.79. The largest absolute Gasteiger partial charge is 0.384 e. The first-order chi connectivity index (χ1) is 11.9. The Kier molecular flexibility index (Phi) is 4.63. The molecule has 4 saturated carbocycles. The molecule has 4 aliphatic carbocycles. The van der Waals surface area contributed by atoms with Crippen LogP contribution in [-0.4, -0.2) is 13.7 Å². The Morgan fingerprint density at radius 2 is 1.88 bits per heavy atom. The maximum Gasteiger partial charge on any atom is 0.0493 e. The lowest BCUT2D eigenvalue weighted by molar-refractivity contribution is -0.143. The van der Waals surface area contributed by atoms with Crippen molar-refractivity contribution in [2.75, 3.05) is 13.7 Å². The molecule has 25 heavy (non-hydrogen) atoms. The summed E-state index contributed by atoms with van der Waals surface area (Å²) in [7, 11) is 1.93. The van der Waals surface area contributed by atoms with Crippen molar-refractivity contribution in [1.29, 1.82) is 0 Å². The highest BCUT2D eigenvalue weighted by Crippen LogP contribution is 2.68. The predicted octanol–water partition coefficient (Wildman–Crippen LogP) is 6.48. The first-order valence-electron chi connectivity index (χ1n) is 11.1. The molecule has 0 aliphatic heterocycles. The molecule has 0 bridgehead atoms. The topological polar surface area (TPSA) is 9.23 Å². The van der Waals surface area contributed by atoms with Crippen LogP contribution in [0.25, 0.3) is 0 Å². The van der Waals surface area contributed by atoms with Gasteiger partial charge in [-0.3, -0.25) is 0 Å². The average Bonchev–Trinajstić information content (AvgIpc) is 2.93. The molecule has 4 aliphatic rings. The lowest BCUT2D eigenvalue weighted by Gasteiger charge is -2.63. The molecule has 0 aromatic heterocycles. The number of rotatable bonds is 2. The molecular weight excluding hydrogens is 304 g/mol. The second kappa shape index (κ2) is 6.39. The van der Waals surface area contributed by atoms with Crippen molar-refractivity contribution in [1.82, 2.24) is 0 Å². The quantitative estimate of drug-likeness (QED) is 0.521. The van der Waals surface area contributed by atoms with Gasteiger partial charge in [0, 0.05) is 13.7 Å². The van der Waals surface area contributed by atoms with Crippen LogP contribution in [0, 0.1) is 46.3 Å². The van der Waals surface area contributed by atoms with Crippen LogP contribution in [-0.2, 0) is 4.74 Å². The molecular formula is C24H40O. The third kappa shape index (κ3) is 2.59. The molecule has 0 radical (unpaired) electrons. The molecule has 0 saturated heterocycles. The van der Waals surface area contributed by atoms with Gasteiger partial charge in [-0.2, -0.15) is 0 Å². The molecule has 0 aromatic rings. The molecule has 4 rings (SSSR count). The van der Waals surface area contributed by atoms with Crippen LogP contribution in [0.4, 0.5) is 0 Å². The molecule has 1 nitrogen and oxygen atoms in total. The van der Waals surface area contributed by atoms with Gasteiger partial charge in [-0.1, -0.05) is 38.8 Å². The van der Waals surface area contributed by atoms with Crippen molar-refractivity contribution >= 4 is 0 Å². The number of hydrogen-bond acceptors (Lipinski definition) is 1. The van der Waals surface area contributed by atoms with Gasteiger partial charge in [-0.15, -0.1) is 0 Å². The fourth-order valence-corrected chi connectivity index (χ4v) is 8.35. The van der Waals surface area contributed by atoms with Crippen LogP contribution in [0.15, 0.2) is 11.6 Å². The first-order valence-corrected chi connectivity index (χ1v) is 11.1. The summed E-state index contributed by atoms with van der Waals surface area (Å²) in [5.74, 6) is 5.46. The Hall–Kier alpha value is -0.300. The van der Waals surface area contributed by atoms with E-state index in [1.807, 2.05) is 7.11 Å². The van der Waals surface area contributed by atoms with E-state index in [9.17, 15) is 0 Å². The molecule has 8 unspecified atom stereocenters. The van der Waals surface area contributed by atoms with Crippen LogP contribution < -0.4 is 0 Å². The average molecular weight is 345 g/mol. The fraction of sp³-hybridized carbons (Fsp3) is 0.917. The predicted molar refractivity (Wildman–Crippen MR) is 105 cm³/mol. The zero-order chi connectivity index (χ0) is 17.8. The van der Waals surface area contributed by atoms with Crippen molar-refractivity contribution in [3.8, 4) is 0 Å². The zero-order valence-electron chi connectivity index (χ0n) is 17.3. The van der Waals surface area contributed by atoms with E-state index in [2.05, 4.69) is 33.8 Å². The molecule has 0 aromatic carbocycles. The van der Waals surface area contributed by atoms with E-state index in [4.69, 9.17) is 4.74 Å². The lowest BCUT2D eigenvalue weighted by Crippen LogP contribution is -2.56. The highest BCUT2D eigenvalue weighted by Gasteiger charge is 2.61. The van der Waals surface area contributed by atoms with E-state index >= 15 is 0 Å². The Morgan fingerprint density at radius 3 is 2.60 bits per heavy atom. The Balaban J connectivity index is 1.70. The summed E-state index contributed by atoms with van der Waals surface area (Å²) in [6.45, 7) is 11.1. The maximum atomic E-state index is 5.79. The minimum atomic E-state index is 0.493. The molecule has 142 valence electrons. The van der Waals surface area contributed by atoms with Gasteiger partial charge in [0.05, 0.1) is 0 Å². The van der Waals surface area contributed by atoms with E-state index in [0.29, 0.717) is 10.8 Å². The van der Waals surface area contributed by atoms with Crippen molar-refractivity contribution in [2.24, 2.45) is 46.3 Å². The van der Waals surface area contributed by atoms with Crippen molar-refractivity contribution in [3.63, 3.8) is 0 Å². The first kappa shape index (κ1) is 18.1. The summed E-state index contributed by atoms with van der Waals surface area (Å²) in [4.78, 5) is 0. The van der Waals surface area contributed by atoms with Crippen molar-refractivity contribution in [2.45, 2.75) is 79.1 Å². The molecule has 0 N–H and O–H groups in total. The highest BCUT2D eigenvalue weighted by molar-refractivity contribution is 5.24. The number of fused-ring (bicyclic) bond motifs is 5. The normalized spacial score (nSPS) is 54.0. The molecule has 0 amide bonds. The van der Waals surface area contributed by atoms with Gasteiger partial charge < -0.3 is 4.74 Å². The van der Waals surface area contributed by atoms with E-state index < -0.39 is 0 Å². The zero-order valence-corrected chi connectivity index (χ0v) is 17.3. The van der Waals surface area contributed by atoms with Gasteiger partial charge in [0.15, 0.2) is 0 Å². The van der Waals surface area contributed by atoms with Crippen LogP contribution in [0.2, 0.25) is 0 Å². The third-order valence-corrected chi connectivity index (χ3v) is 9.68. The van der Waals surface area contributed by atoms with E-state index in [1.165, 1.54) is 51.4 Å². The Labute approximate surface area is 156 Å². The minimum absolute atomic E-state index is 0.493. The minimum Gasteiger partial charge on any atom is -0.384 e. The van der Waals surface area contributed by atoms with Crippen LogP contribution >= 0.6 is 0 Å². The van der Waals surface area contributed by atoms with Crippen LogP contribution in [0.3, 0.4) is 0 Å². The monoisotopic (exact) mass is 344 g/mol. The number of allylic oxidation sites excluding steroid dienone is 2. The summed E-state index contributed by atoms with van der Waals surface area (Å²) in [6.07, 6.45) is 14.0. The molecule has 0 heterocycles. The summed E-state index contributed by atoms with van der Waals surface area (Å²) in [5.41, 5.74) is 2.88. The van der Waals surface area contributed by atoms with Crippen LogP contribution in [0.5, 0.6) is 0 Å². The van der Waals surface area contributed by atoms with E-state index in [1.54, 1.807) is 5.57 Å². The molecule has 8 atom stereocenters. The number of hydrogen-bond donors (Lipinski definition) is 0. The van der Waals surface area contributed by atoms with Gasteiger partial charge in [-0.05, 0) is 98.2 Å². The summed E-state index contributed by atoms with van der Waals surface area (Å²) >= 11 is 0. The lowest BCUT2D eigenvalue weighted by atomic mass is 9.42. The Bertz CT molecular complexity index is 536. The Morgan fingerprint density at radius 1 is 1.08 bits per heavy atom. The molecule has 1 heteroatoms. The summed E-state index contributed by atoms with van der Waals surface area (Å²) in [5, 5.41) is 0. The number of methoxy groups -OCH3 is 1. The van der Waals surface area contributed by atoms with Gasteiger partial charge in [0.2, 0.25) is 0 Å². The number of ether oxygens (including phenoxy) is 1. The van der Waals surface area contributed by atoms with Gasteiger partial charge in [0.25, 0.3) is 0 Å². The fourth-order valence-electron chi connectivity index (χ4n) is 8.35. The van der Waals surface area contributed by atoms with Gasteiger partial charge in [-0.25, -0.2) is 0 Å². The van der Waals surface area contributed by atoms with Crippen molar-refractivity contribution < 1.29 is 4.74 Å². The van der Waals surface area contributed by atoms with Gasteiger partial charge >= 0.3 is 0 Å². The highest BCUT2D eigenvalue weighted by atomic mass is 16.5. The smallest absolute Gasteiger partial charge is 0.0493 e. The second-order valence-corrected chi connectivity index (χ2v) is 10.6. The second-order valence-electron chi connectivity index (χ2n) is 10.6. The molecule has 0 spiro atoms. The van der Waals surface area contributed by atoms with E-state index in [-0.39, 0.29) is 0 Å². The van der Waals surface area contributed by atoms with E-state index in [0.717, 1.165) is 42.1 Å². The summed E-state index contributed by atoms with van der Waals surface area (Å²) < 4.78 is 5.79. The SMILES string of the molecule is C/C=C1/CCC2C3C(COC)CC4CC(C)CCC4(C)C3CCC12C. The third-order valence-electron chi connectivity index (χ3n) is 9.68. The van der Waals surface area contributed by atoms with Crippen molar-refractivity contribution in [3.05, 3.63) is 11.6 Å². The van der Waals surface area contributed by atoms with Gasteiger partial charge in [0.1, 0.15) is 0 Å². The summed E-state index contributed by atoms with van der Waals surface area (Å²) in [6, 6.07) is 0.